The zero-order valence-electron chi connectivity index (χ0n) is 13.2. The zero-order chi connectivity index (χ0) is 16.8. The molecule has 1 aromatic carbocycles. The van der Waals surface area contributed by atoms with Crippen LogP contribution in [-0.2, 0) is 20.9 Å². The fourth-order valence-electron chi connectivity index (χ4n) is 2.18. The van der Waals surface area contributed by atoms with Gasteiger partial charge in [-0.2, -0.15) is 5.10 Å². The topological polar surface area (TPSA) is 81.5 Å². The van der Waals surface area contributed by atoms with E-state index in [-0.39, 0.29) is 30.4 Å². The average Bonchev–Trinajstić information content (AvgIpc) is 2.57. The van der Waals surface area contributed by atoms with Crippen LogP contribution in [0.1, 0.15) is 12.8 Å². The number of likely N-dealkylation sites (N-methyl/N-ethyl adjacent to an activating group) is 1. The van der Waals surface area contributed by atoms with E-state index in [2.05, 4.69) is 9.84 Å². The molecule has 0 saturated heterocycles. The lowest BCUT2D eigenvalue weighted by Gasteiger charge is -2.17. The smallest absolute Gasteiger partial charge is 0.305 e. The number of nitrogens with zero attached hydrogens (tertiary/aromatic N) is 3. The highest BCUT2D eigenvalue weighted by Gasteiger charge is 2.13. The summed E-state index contributed by atoms with van der Waals surface area (Å²) in [5, 5.41) is 5.31. The van der Waals surface area contributed by atoms with Gasteiger partial charge in [0.2, 0.25) is 5.91 Å². The molecule has 2 aromatic rings. The third kappa shape index (κ3) is 4.15. The molecule has 0 saturated carbocycles. The number of carbonyl (C=O) groups is 2. The average molecular weight is 317 g/mol. The number of rotatable bonds is 6. The Labute approximate surface area is 133 Å². The van der Waals surface area contributed by atoms with E-state index in [9.17, 15) is 14.4 Å². The highest BCUT2D eigenvalue weighted by Crippen LogP contribution is 2.06. The minimum absolute atomic E-state index is 0.127. The van der Waals surface area contributed by atoms with Crippen LogP contribution in [-0.4, -0.2) is 47.3 Å². The van der Waals surface area contributed by atoms with Gasteiger partial charge in [0.15, 0.2) is 0 Å². The molecule has 1 heterocycles. The Morgan fingerprint density at radius 1 is 1.30 bits per heavy atom. The molecule has 0 spiro atoms. The van der Waals surface area contributed by atoms with E-state index in [1.165, 1.54) is 12.0 Å². The second-order valence-electron chi connectivity index (χ2n) is 5.19. The molecule has 1 amide bonds. The minimum atomic E-state index is -0.307. The maximum Gasteiger partial charge on any atom is 0.305 e. The number of ether oxygens (including phenoxy) is 1. The molecule has 2 rings (SSSR count). The third-order valence-electron chi connectivity index (χ3n) is 3.57. The Kier molecular flexibility index (Phi) is 5.46. The predicted octanol–water partition coefficient (Wildman–Crippen LogP) is 0.808. The molecule has 0 unspecified atom stereocenters. The predicted molar refractivity (Wildman–Crippen MR) is 84.9 cm³/mol. The Morgan fingerprint density at radius 3 is 2.78 bits per heavy atom. The largest absolute Gasteiger partial charge is 0.469 e. The van der Waals surface area contributed by atoms with Crippen molar-refractivity contribution in [2.45, 2.75) is 19.4 Å². The standard InChI is InChI=1S/C16H19N3O4/c1-18(9-5-8-15(21)23-2)14(20)11-19-16(22)13-7-4-3-6-12(13)10-17-19/h3-4,6-7,10H,5,8-9,11H2,1-2H3. The molecule has 1 aromatic heterocycles. The van der Waals surface area contributed by atoms with Crippen molar-refractivity contribution in [1.82, 2.24) is 14.7 Å². The van der Waals surface area contributed by atoms with Gasteiger partial charge >= 0.3 is 5.97 Å². The summed E-state index contributed by atoms with van der Waals surface area (Å²) < 4.78 is 5.70. The van der Waals surface area contributed by atoms with Crippen LogP contribution < -0.4 is 5.56 Å². The zero-order valence-corrected chi connectivity index (χ0v) is 13.2. The van der Waals surface area contributed by atoms with E-state index in [1.54, 1.807) is 31.4 Å². The van der Waals surface area contributed by atoms with Crippen LogP contribution >= 0.6 is 0 Å². The number of amides is 1. The second-order valence-corrected chi connectivity index (χ2v) is 5.19. The first-order chi connectivity index (χ1) is 11.0. The number of carbonyl (C=O) groups excluding carboxylic acids is 2. The first kappa shape index (κ1) is 16.7. The first-order valence-corrected chi connectivity index (χ1v) is 7.28. The molecule has 0 atom stereocenters. The molecule has 7 nitrogen and oxygen atoms in total. The maximum absolute atomic E-state index is 12.3. The Balaban J connectivity index is 2.01. The fraction of sp³-hybridized carbons (Fsp3) is 0.375. The highest BCUT2D eigenvalue weighted by atomic mass is 16.5. The molecule has 0 aliphatic heterocycles. The van der Waals surface area contributed by atoms with Crippen LogP contribution in [0.2, 0.25) is 0 Å². The molecule has 0 aliphatic rings. The Morgan fingerprint density at radius 2 is 2.04 bits per heavy atom. The Bertz CT molecular complexity index is 769. The summed E-state index contributed by atoms with van der Waals surface area (Å²) in [6, 6.07) is 7.11. The summed E-state index contributed by atoms with van der Waals surface area (Å²) >= 11 is 0. The van der Waals surface area contributed by atoms with Crippen molar-refractivity contribution >= 4 is 22.6 Å². The molecule has 0 aliphatic carbocycles. The van der Waals surface area contributed by atoms with Gasteiger partial charge < -0.3 is 9.64 Å². The van der Waals surface area contributed by atoms with Crippen molar-refractivity contribution < 1.29 is 14.3 Å². The van der Waals surface area contributed by atoms with Gasteiger partial charge in [-0.1, -0.05) is 18.2 Å². The van der Waals surface area contributed by atoms with Gasteiger partial charge in [-0.15, -0.1) is 0 Å². The number of esters is 1. The second kappa shape index (κ2) is 7.53. The number of methoxy groups -OCH3 is 1. The van der Waals surface area contributed by atoms with Gasteiger partial charge in [0.05, 0.1) is 18.7 Å². The lowest BCUT2D eigenvalue weighted by molar-refractivity contribution is -0.141. The van der Waals surface area contributed by atoms with Crippen molar-refractivity contribution in [1.29, 1.82) is 0 Å². The summed E-state index contributed by atoms with van der Waals surface area (Å²) in [5.74, 6) is -0.544. The van der Waals surface area contributed by atoms with Crippen molar-refractivity contribution in [2.75, 3.05) is 20.7 Å². The van der Waals surface area contributed by atoms with Gasteiger partial charge in [0.25, 0.3) is 5.56 Å². The molecular formula is C16H19N3O4. The number of aromatic nitrogens is 2. The van der Waals surface area contributed by atoms with Crippen LogP contribution in [0.25, 0.3) is 10.8 Å². The molecular weight excluding hydrogens is 298 g/mol. The summed E-state index contributed by atoms with van der Waals surface area (Å²) in [4.78, 5) is 37.0. The quantitative estimate of drug-likeness (QED) is 0.736. The lowest BCUT2D eigenvalue weighted by Crippen LogP contribution is -2.35. The van der Waals surface area contributed by atoms with Crippen molar-refractivity contribution in [3.63, 3.8) is 0 Å². The van der Waals surface area contributed by atoms with E-state index in [4.69, 9.17) is 0 Å². The van der Waals surface area contributed by atoms with Crippen molar-refractivity contribution in [3.8, 4) is 0 Å². The highest BCUT2D eigenvalue weighted by molar-refractivity contribution is 5.81. The van der Waals surface area contributed by atoms with Gasteiger partial charge in [-0.25, -0.2) is 4.68 Å². The summed E-state index contributed by atoms with van der Waals surface area (Å²) in [6.45, 7) is 0.286. The van der Waals surface area contributed by atoms with E-state index in [0.717, 1.165) is 10.1 Å². The van der Waals surface area contributed by atoms with Crippen molar-refractivity contribution in [3.05, 3.63) is 40.8 Å². The van der Waals surface area contributed by atoms with Crippen LogP contribution in [0, 0.1) is 0 Å². The number of hydrogen-bond donors (Lipinski definition) is 0. The van der Waals surface area contributed by atoms with Crippen LogP contribution in [0.5, 0.6) is 0 Å². The van der Waals surface area contributed by atoms with Gasteiger partial charge in [-0.05, 0) is 12.5 Å². The first-order valence-electron chi connectivity index (χ1n) is 7.28. The van der Waals surface area contributed by atoms with Gasteiger partial charge in [0, 0.05) is 25.4 Å². The SMILES string of the molecule is COC(=O)CCCN(C)C(=O)Cn1ncc2ccccc2c1=O. The molecule has 7 heteroatoms. The van der Waals surface area contributed by atoms with Crippen LogP contribution in [0.3, 0.4) is 0 Å². The fourth-order valence-corrected chi connectivity index (χ4v) is 2.18. The normalized spacial score (nSPS) is 10.5. The van der Waals surface area contributed by atoms with Gasteiger partial charge in [0.1, 0.15) is 6.54 Å². The van der Waals surface area contributed by atoms with Crippen molar-refractivity contribution in [2.24, 2.45) is 0 Å². The molecule has 23 heavy (non-hydrogen) atoms. The summed E-state index contributed by atoms with van der Waals surface area (Å²) in [6.07, 6.45) is 2.33. The number of benzene rings is 1. The summed E-state index contributed by atoms with van der Waals surface area (Å²) in [7, 11) is 2.96. The molecule has 0 N–H and O–H groups in total. The summed E-state index contributed by atoms with van der Waals surface area (Å²) in [5.41, 5.74) is -0.292. The van der Waals surface area contributed by atoms with E-state index < -0.39 is 0 Å². The number of fused-ring (bicyclic) bond motifs is 1. The number of hydrogen-bond acceptors (Lipinski definition) is 5. The Hall–Kier alpha value is -2.70. The molecule has 0 fully saturated rings. The third-order valence-corrected chi connectivity index (χ3v) is 3.57. The van der Waals surface area contributed by atoms with E-state index in [0.29, 0.717) is 18.4 Å². The van der Waals surface area contributed by atoms with Crippen LogP contribution in [0.4, 0.5) is 0 Å². The van der Waals surface area contributed by atoms with E-state index >= 15 is 0 Å². The molecule has 0 bridgehead atoms. The maximum atomic E-state index is 12.3. The van der Waals surface area contributed by atoms with Crippen LogP contribution in [0.15, 0.2) is 35.3 Å². The monoisotopic (exact) mass is 317 g/mol. The van der Waals surface area contributed by atoms with Gasteiger partial charge in [-0.3, -0.25) is 14.4 Å². The molecule has 122 valence electrons. The van der Waals surface area contributed by atoms with E-state index in [1.807, 2.05) is 6.07 Å². The lowest BCUT2D eigenvalue weighted by atomic mass is 10.2. The molecule has 0 radical (unpaired) electrons. The minimum Gasteiger partial charge on any atom is -0.469 e.